The zero-order valence-electron chi connectivity index (χ0n) is 18.7. The first-order chi connectivity index (χ1) is 16.5. The third kappa shape index (κ3) is 4.96. The number of thiocarbonyl (C=S) groups is 1. The van der Waals surface area contributed by atoms with Crippen molar-refractivity contribution in [1.82, 2.24) is 20.3 Å². The Morgan fingerprint density at radius 2 is 1.79 bits per heavy atom. The molecule has 0 atom stereocenters. The maximum absolute atomic E-state index is 10.7. The monoisotopic (exact) mass is 481 g/mol. The molecule has 1 fully saturated rings. The molecule has 0 saturated carbocycles. The Morgan fingerprint density at radius 1 is 1.12 bits per heavy atom. The van der Waals surface area contributed by atoms with E-state index in [1.807, 2.05) is 17.0 Å². The van der Waals surface area contributed by atoms with Crippen molar-refractivity contribution in [2.24, 2.45) is 5.10 Å². The summed E-state index contributed by atoms with van der Waals surface area (Å²) in [6.45, 7) is 2.82. The Kier molecular flexibility index (Phi) is 6.97. The molecule has 0 aliphatic carbocycles. The fraction of sp³-hybridized carbons (Fsp3) is 0.273. The molecular weight excluding hydrogens is 458 g/mol. The summed E-state index contributed by atoms with van der Waals surface area (Å²) < 4.78 is 10.8. The van der Waals surface area contributed by atoms with E-state index < -0.39 is 4.92 Å². The number of benzene rings is 2. The molecule has 2 aromatic carbocycles. The lowest BCUT2D eigenvalue weighted by Gasteiger charge is -2.36. The van der Waals surface area contributed by atoms with Crippen molar-refractivity contribution in [2.45, 2.75) is 0 Å². The van der Waals surface area contributed by atoms with Crippen LogP contribution in [-0.4, -0.2) is 71.5 Å². The number of piperazine rings is 1. The number of hydrazone groups is 1. The minimum absolute atomic E-state index is 0.0348. The van der Waals surface area contributed by atoms with Crippen LogP contribution >= 0.6 is 12.2 Å². The first-order valence-corrected chi connectivity index (χ1v) is 10.8. The van der Waals surface area contributed by atoms with Gasteiger partial charge in [-0.3, -0.25) is 15.5 Å². The summed E-state index contributed by atoms with van der Waals surface area (Å²) in [6, 6.07) is 9.86. The molecule has 3 aromatic rings. The van der Waals surface area contributed by atoms with E-state index >= 15 is 0 Å². The van der Waals surface area contributed by atoms with Gasteiger partial charge in [0.05, 0.1) is 30.9 Å². The zero-order valence-corrected chi connectivity index (χ0v) is 19.5. The van der Waals surface area contributed by atoms with Crippen molar-refractivity contribution in [3.8, 4) is 11.5 Å². The van der Waals surface area contributed by atoms with E-state index in [9.17, 15) is 10.1 Å². The highest BCUT2D eigenvalue weighted by molar-refractivity contribution is 7.80. The largest absolute Gasteiger partial charge is 0.493 e. The molecule has 11 nitrogen and oxygen atoms in total. The van der Waals surface area contributed by atoms with E-state index in [0.717, 1.165) is 22.3 Å². The van der Waals surface area contributed by atoms with E-state index in [4.69, 9.17) is 21.7 Å². The quantitative estimate of drug-likeness (QED) is 0.244. The number of rotatable bonds is 6. The summed E-state index contributed by atoms with van der Waals surface area (Å²) in [4.78, 5) is 23.4. The lowest BCUT2D eigenvalue weighted by atomic mass is 10.2. The summed E-state index contributed by atoms with van der Waals surface area (Å²) in [5.41, 5.74) is 4.41. The van der Waals surface area contributed by atoms with Gasteiger partial charge in [0, 0.05) is 49.8 Å². The standard InChI is InChI=1S/C22H23N7O4S/c1-32-19-11-17-18(12-20(19)33-2)23-14-24-21(17)27-7-9-28(10-8-27)22(34)26-25-13-15-3-5-16(6-4-15)29(30)31/h3-6,11-14H,7-10H2,1-2H3,(H,26,34). The van der Waals surface area contributed by atoms with Crippen molar-refractivity contribution in [3.63, 3.8) is 0 Å². The van der Waals surface area contributed by atoms with E-state index in [-0.39, 0.29) is 5.69 Å². The SMILES string of the molecule is COc1cc2ncnc(N3CCN(C(=S)NN=Cc4ccc([N+](=O)[O-])cc4)CC3)c2cc1OC. The van der Waals surface area contributed by atoms with Crippen molar-refractivity contribution < 1.29 is 14.4 Å². The maximum atomic E-state index is 10.7. The Bertz CT molecular complexity index is 1230. The number of fused-ring (bicyclic) bond motifs is 1. The van der Waals surface area contributed by atoms with Crippen LogP contribution in [0.5, 0.6) is 11.5 Å². The number of methoxy groups -OCH3 is 2. The molecule has 0 spiro atoms. The smallest absolute Gasteiger partial charge is 0.269 e. The number of nitrogens with one attached hydrogen (secondary N) is 1. The van der Waals surface area contributed by atoms with Crippen molar-refractivity contribution in [3.05, 3.63) is 58.4 Å². The van der Waals surface area contributed by atoms with E-state index in [0.29, 0.717) is 42.8 Å². The molecule has 0 unspecified atom stereocenters. The highest BCUT2D eigenvalue weighted by atomic mass is 32.1. The molecule has 2 heterocycles. The van der Waals surface area contributed by atoms with Crippen molar-refractivity contribution in [1.29, 1.82) is 0 Å². The third-order valence-corrected chi connectivity index (χ3v) is 5.81. The molecule has 176 valence electrons. The van der Waals surface area contributed by atoms with Gasteiger partial charge in [0.15, 0.2) is 16.6 Å². The fourth-order valence-corrected chi connectivity index (χ4v) is 3.89. The second-order valence-corrected chi connectivity index (χ2v) is 7.81. The van der Waals surface area contributed by atoms with Gasteiger partial charge in [-0.05, 0) is 36.0 Å². The second-order valence-electron chi connectivity index (χ2n) is 7.42. The van der Waals surface area contributed by atoms with Crippen LogP contribution in [0.3, 0.4) is 0 Å². The summed E-state index contributed by atoms with van der Waals surface area (Å²) in [6.07, 6.45) is 3.12. The predicted octanol–water partition coefficient (Wildman–Crippen LogP) is 2.59. The van der Waals surface area contributed by atoms with E-state index in [1.54, 1.807) is 38.9 Å². The number of non-ortho nitro benzene ring substituents is 1. The van der Waals surface area contributed by atoms with Crippen LogP contribution in [0.1, 0.15) is 5.56 Å². The molecule has 0 bridgehead atoms. The number of hydrogen-bond acceptors (Lipinski definition) is 9. The lowest BCUT2D eigenvalue weighted by molar-refractivity contribution is -0.384. The minimum Gasteiger partial charge on any atom is -0.493 e. The van der Waals surface area contributed by atoms with Gasteiger partial charge >= 0.3 is 0 Å². The summed E-state index contributed by atoms with van der Waals surface area (Å²) in [5, 5.41) is 16.3. The van der Waals surface area contributed by atoms with E-state index in [1.165, 1.54) is 12.1 Å². The number of nitro benzene ring substituents is 1. The zero-order chi connectivity index (χ0) is 24.1. The average molecular weight is 482 g/mol. The highest BCUT2D eigenvalue weighted by Crippen LogP contribution is 2.34. The molecule has 12 heteroatoms. The molecule has 1 aromatic heterocycles. The van der Waals surface area contributed by atoms with Gasteiger partial charge in [0.25, 0.3) is 5.69 Å². The van der Waals surface area contributed by atoms with Crippen LogP contribution in [0.4, 0.5) is 11.5 Å². The Hall–Kier alpha value is -4.06. The number of ether oxygens (including phenoxy) is 2. The van der Waals surface area contributed by atoms with Crippen LogP contribution in [0.15, 0.2) is 47.8 Å². The molecule has 34 heavy (non-hydrogen) atoms. The van der Waals surface area contributed by atoms with Gasteiger partial charge in [-0.25, -0.2) is 9.97 Å². The van der Waals surface area contributed by atoms with Gasteiger partial charge in [-0.15, -0.1) is 0 Å². The average Bonchev–Trinajstić information content (AvgIpc) is 2.87. The second kappa shape index (κ2) is 10.3. The molecule has 0 radical (unpaired) electrons. The van der Waals surface area contributed by atoms with E-state index in [2.05, 4.69) is 25.4 Å². The van der Waals surface area contributed by atoms with Crippen molar-refractivity contribution >= 4 is 46.0 Å². The lowest BCUT2D eigenvalue weighted by Crippen LogP contribution is -2.51. The van der Waals surface area contributed by atoms with Gasteiger partial charge in [0.2, 0.25) is 0 Å². The Labute approximate surface area is 201 Å². The molecule has 1 saturated heterocycles. The summed E-state index contributed by atoms with van der Waals surface area (Å²) >= 11 is 5.47. The Morgan fingerprint density at radius 3 is 2.44 bits per heavy atom. The van der Waals surface area contributed by atoms with Crippen LogP contribution in [0, 0.1) is 10.1 Å². The van der Waals surface area contributed by atoms with Crippen molar-refractivity contribution in [2.75, 3.05) is 45.3 Å². The summed E-state index contributed by atoms with van der Waals surface area (Å²) in [5.74, 6) is 2.08. The molecule has 0 amide bonds. The number of aromatic nitrogens is 2. The van der Waals surface area contributed by atoms with Gasteiger partial charge in [-0.2, -0.15) is 5.10 Å². The molecule has 1 aliphatic rings. The molecule has 1 aliphatic heterocycles. The number of anilines is 1. The van der Waals surface area contributed by atoms with Crippen LogP contribution in [-0.2, 0) is 0 Å². The molecule has 1 N–H and O–H groups in total. The number of hydrogen-bond donors (Lipinski definition) is 1. The predicted molar refractivity (Wildman–Crippen MR) is 133 cm³/mol. The summed E-state index contributed by atoms with van der Waals surface area (Å²) in [7, 11) is 3.20. The molecular formula is C22H23N7O4S. The van der Waals surface area contributed by atoms with Gasteiger partial charge in [0.1, 0.15) is 12.1 Å². The molecule has 4 rings (SSSR count). The minimum atomic E-state index is -0.439. The van der Waals surface area contributed by atoms with Crippen LogP contribution in [0.2, 0.25) is 0 Å². The first kappa shape index (κ1) is 23.1. The first-order valence-electron chi connectivity index (χ1n) is 10.4. The Balaban J connectivity index is 1.38. The third-order valence-electron chi connectivity index (χ3n) is 5.46. The van der Waals surface area contributed by atoms with Crippen LogP contribution < -0.4 is 19.8 Å². The van der Waals surface area contributed by atoms with Crippen LogP contribution in [0.25, 0.3) is 10.9 Å². The van der Waals surface area contributed by atoms with Gasteiger partial charge < -0.3 is 19.3 Å². The normalized spacial score (nSPS) is 13.8. The maximum Gasteiger partial charge on any atom is 0.269 e. The number of nitro groups is 1. The van der Waals surface area contributed by atoms with Gasteiger partial charge in [-0.1, -0.05) is 0 Å². The fourth-order valence-electron chi connectivity index (χ4n) is 3.66. The topological polar surface area (TPSA) is 118 Å². The number of nitrogens with zero attached hydrogens (tertiary/aromatic N) is 6. The highest BCUT2D eigenvalue weighted by Gasteiger charge is 2.22.